The average Bonchev–Trinajstić information content (AvgIpc) is 3.08. The number of furan rings is 1. The maximum Gasteiger partial charge on any atom is 0.291 e. The van der Waals surface area contributed by atoms with Gasteiger partial charge in [-0.05, 0) is 44.5 Å². The Morgan fingerprint density at radius 1 is 1.35 bits per heavy atom. The van der Waals surface area contributed by atoms with Crippen LogP contribution in [0.4, 0.5) is 5.00 Å². The van der Waals surface area contributed by atoms with E-state index in [1.165, 1.54) is 17.6 Å². The normalized spacial score (nSPS) is 10.8. The molecule has 126 valence electrons. The van der Waals surface area contributed by atoms with Gasteiger partial charge in [0, 0.05) is 12.1 Å². The van der Waals surface area contributed by atoms with Gasteiger partial charge in [0.05, 0.1) is 16.1 Å². The molecule has 2 amide bonds. The van der Waals surface area contributed by atoms with Gasteiger partial charge in [0.15, 0.2) is 5.76 Å². The standard InChI is InChI=1S/C15H19N3O3S.ClH/c1-9-7-11(17-13(19)10-5-4-6-21-10)22-12(9)14(20)18-15(2,3)8-16;/h4-7H,8,16H2,1-3H3,(H,17,19)(H,18,20);1H. The third-order valence-corrected chi connectivity index (χ3v) is 4.22. The summed E-state index contributed by atoms with van der Waals surface area (Å²) in [6.07, 6.45) is 1.43. The van der Waals surface area contributed by atoms with E-state index in [4.69, 9.17) is 10.2 Å². The molecular weight excluding hydrogens is 338 g/mol. The maximum atomic E-state index is 12.3. The fourth-order valence-electron chi connectivity index (χ4n) is 1.77. The Kier molecular flexibility index (Phi) is 6.37. The summed E-state index contributed by atoms with van der Waals surface area (Å²) in [5.41, 5.74) is 5.93. The first kappa shape index (κ1) is 19.2. The minimum atomic E-state index is -0.481. The second-order valence-electron chi connectivity index (χ2n) is 5.60. The minimum absolute atomic E-state index is 0. The zero-order valence-corrected chi connectivity index (χ0v) is 14.8. The van der Waals surface area contributed by atoms with Gasteiger partial charge in [-0.1, -0.05) is 0 Å². The highest BCUT2D eigenvalue weighted by Gasteiger charge is 2.22. The summed E-state index contributed by atoms with van der Waals surface area (Å²) < 4.78 is 5.03. The van der Waals surface area contributed by atoms with Crippen molar-refractivity contribution in [3.63, 3.8) is 0 Å². The molecule has 0 radical (unpaired) electrons. The largest absolute Gasteiger partial charge is 0.459 e. The highest BCUT2D eigenvalue weighted by Crippen LogP contribution is 2.27. The van der Waals surface area contributed by atoms with E-state index in [9.17, 15) is 9.59 Å². The van der Waals surface area contributed by atoms with Crippen LogP contribution in [0.1, 0.15) is 39.6 Å². The number of amides is 2. The number of rotatable bonds is 5. The van der Waals surface area contributed by atoms with Crippen LogP contribution < -0.4 is 16.4 Å². The predicted molar refractivity (Wildman–Crippen MR) is 93.6 cm³/mol. The van der Waals surface area contributed by atoms with Gasteiger partial charge in [-0.3, -0.25) is 9.59 Å². The van der Waals surface area contributed by atoms with E-state index in [0.717, 1.165) is 5.56 Å². The third-order valence-electron chi connectivity index (χ3n) is 3.07. The van der Waals surface area contributed by atoms with Crippen molar-refractivity contribution in [2.24, 2.45) is 5.73 Å². The van der Waals surface area contributed by atoms with Crippen LogP contribution in [0.3, 0.4) is 0 Å². The van der Waals surface area contributed by atoms with Gasteiger partial charge < -0.3 is 20.8 Å². The van der Waals surface area contributed by atoms with E-state index in [1.807, 2.05) is 20.8 Å². The number of thiophene rings is 1. The van der Waals surface area contributed by atoms with Crippen LogP contribution in [0, 0.1) is 6.92 Å². The lowest BCUT2D eigenvalue weighted by Crippen LogP contribution is -2.48. The lowest BCUT2D eigenvalue weighted by Gasteiger charge is -2.23. The number of carbonyl (C=O) groups is 2. The van der Waals surface area contributed by atoms with Gasteiger partial charge in [-0.15, -0.1) is 23.7 Å². The molecule has 2 rings (SSSR count). The van der Waals surface area contributed by atoms with E-state index in [-0.39, 0.29) is 30.0 Å². The summed E-state index contributed by atoms with van der Waals surface area (Å²) in [6.45, 7) is 5.87. The fourth-order valence-corrected chi connectivity index (χ4v) is 2.73. The van der Waals surface area contributed by atoms with Crippen LogP contribution in [-0.4, -0.2) is 23.9 Å². The molecule has 8 heteroatoms. The number of nitrogens with two attached hydrogens (primary N) is 1. The molecule has 4 N–H and O–H groups in total. The zero-order chi connectivity index (χ0) is 16.3. The number of carbonyl (C=O) groups excluding carboxylic acids is 2. The van der Waals surface area contributed by atoms with E-state index in [2.05, 4.69) is 10.6 Å². The van der Waals surface area contributed by atoms with Crippen molar-refractivity contribution in [3.8, 4) is 0 Å². The molecule has 6 nitrogen and oxygen atoms in total. The first-order chi connectivity index (χ1) is 10.3. The van der Waals surface area contributed by atoms with Crippen molar-refractivity contribution >= 4 is 40.6 Å². The number of hydrogen-bond donors (Lipinski definition) is 3. The SMILES string of the molecule is Cc1cc(NC(=O)c2ccco2)sc1C(=O)NC(C)(C)CN.Cl. The Bertz CT molecular complexity index is 680. The van der Waals surface area contributed by atoms with Crippen LogP contribution in [0.5, 0.6) is 0 Å². The first-order valence-electron chi connectivity index (χ1n) is 6.80. The summed E-state index contributed by atoms with van der Waals surface area (Å²) in [6, 6.07) is 4.98. The van der Waals surface area contributed by atoms with E-state index in [1.54, 1.807) is 18.2 Å². The summed E-state index contributed by atoms with van der Waals surface area (Å²) >= 11 is 1.22. The smallest absolute Gasteiger partial charge is 0.291 e. The quantitative estimate of drug-likeness (QED) is 0.766. The number of aryl methyl sites for hydroxylation is 1. The van der Waals surface area contributed by atoms with E-state index >= 15 is 0 Å². The third kappa shape index (κ3) is 4.82. The molecule has 0 saturated carbocycles. The molecule has 0 atom stereocenters. The first-order valence-corrected chi connectivity index (χ1v) is 7.62. The summed E-state index contributed by atoms with van der Waals surface area (Å²) in [5, 5.41) is 6.18. The number of anilines is 1. The molecule has 2 aromatic heterocycles. The lowest BCUT2D eigenvalue weighted by atomic mass is 10.1. The summed E-state index contributed by atoms with van der Waals surface area (Å²) in [4.78, 5) is 24.8. The average molecular weight is 358 g/mol. The molecule has 2 aromatic rings. The molecule has 0 unspecified atom stereocenters. The molecule has 0 saturated heterocycles. The van der Waals surface area contributed by atoms with E-state index < -0.39 is 5.54 Å². The van der Waals surface area contributed by atoms with Gasteiger partial charge in [-0.25, -0.2) is 0 Å². The number of nitrogens with one attached hydrogen (secondary N) is 2. The van der Waals surface area contributed by atoms with Gasteiger partial charge in [0.2, 0.25) is 0 Å². The topological polar surface area (TPSA) is 97.4 Å². The maximum absolute atomic E-state index is 12.3. The molecule has 0 aliphatic rings. The highest BCUT2D eigenvalue weighted by atomic mass is 35.5. The lowest BCUT2D eigenvalue weighted by molar-refractivity contribution is 0.0918. The van der Waals surface area contributed by atoms with Crippen LogP contribution in [0.25, 0.3) is 0 Å². The molecule has 2 heterocycles. The second-order valence-corrected chi connectivity index (χ2v) is 6.65. The predicted octanol–water partition coefficient (Wildman–Crippen LogP) is 2.79. The van der Waals surface area contributed by atoms with Crippen molar-refractivity contribution in [2.75, 3.05) is 11.9 Å². The van der Waals surface area contributed by atoms with Crippen LogP contribution in [0.2, 0.25) is 0 Å². The van der Waals surface area contributed by atoms with Gasteiger partial charge in [-0.2, -0.15) is 0 Å². The number of halogens is 1. The van der Waals surface area contributed by atoms with Crippen LogP contribution in [0.15, 0.2) is 28.9 Å². The van der Waals surface area contributed by atoms with Gasteiger partial charge >= 0.3 is 0 Å². The Labute approximate surface area is 144 Å². The Morgan fingerprint density at radius 2 is 2.04 bits per heavy atom. The summed E-state index contributed by atoms with van der Waals surface area (Å²) in [5.74, 6) is -0.321. The Morgan fingerprint density at radius 3 is 2.61 bits per heavy atom. The summed E-state index contributed by atoms with van der Waals surface area (Å²) in [7, 11) is 0. The molecule has 0 fully saturated rings. The number of hydrogen-bond acceptors (Lipinski definition) is 5. The van der Waals surface area contributed by atoms with Crippen molar-refractivity contribution in [2.45, 2.75) is 26.3 Å². The van der Waals surface area contributed by atoms with Crippen molar-refractivity contribution in [3.05, 3.63) is 40.7 Å². The monoisotopic (exact) mass is 357 g/mol. The van der Waals surface area contributed by atoms with Gasteiger partial charge in [0.1, 0.15) is 0 Å². The highest BCUT2D eigenvalue weighted by molar-refractivity contribution is 7.18. The van der Waals surface area contributed by atoms with Crippen LogP contribution >= 0.6 is 23.7 Å². The Hall–Kier alpha value is -1.83. The molecule has 0 spiro atoms. The van der Waals surface area contributed by atoms with E-state index in [0.29, 0.717) is 16.4 Å². The molecule has 0 aliphatic carbocycles. The molecular formula is C15H20ClN3O3S. The van der Waals surface area contributed by atoms with Gasteiger partial charge in [0.25, 0.3) is 11.8 Å². The van der Waals surface area contributed by atoms with Crippen molar-refractivity contribution < 1.29 is 14.0 Å². The molecule has 0 bridgehead atoms. The molecule has 23 heavy (non-hydrogen) atoms. The molecule has 0 aliphatic heterocycles. The fraction of sp³-hybridized carbons (Fsp3) is 0.333. The van der Waals surface area contributed by atoms with Crippen LogP contribution in [-0.2, 0) is 0 Å². The van der Waals surface area contributed by atoms with Crippen molar-refractivity contribution in [1.82, 2.24) is 5.32 Å². The molecule has 0 aromatic carbocycles. The zero-order valence-electron chi connectivity index (χ0n) is 13.1. The minimum Gasteiger partial charge on any atom is -0.459 e. The Balaban J connectivity index is 0.00000264. The second kappa shape index (κ2) is 7.63. The van der Waals surface area contributed by atoms with Crippen molar-refractivity contribution in [1.29, 1.82) is 0 Å².